The number of carbonyl (C=O) groups is 1. The first-order valence-electron chi connectivity index (χ1n) is 4.73. The molecule has 0 aromatic heterocycles. The van der Waals surface area contributed by atoms with Crippen molar-refractivity contribution in [2.24, 2.45) is 0 Å². The van der Waals surface area contributed by atoms with Gasteiger partial charge in [-0.15, -0.1) is 0 Å². The van der Waals surface area contributed by atoms with Crippen molar-refractivity contribution in [3.63, 3.8) is 0 Å². The van der Waals surface area contributed by atoms with Crippen LogP contribution in [0.5, 0.6) is 11.5 Å². The SMILES string of the molecule is COC(=O)C(O)c1c(OC)ccc(OC)c1Cl. The van der Waals surface area contributed by atoms with E-state index in [9.17, 15) is 9.90 Å². The Morgan fingerprint density at radius 1 is 1.24 bits per heavy atom. The quantitative estimate of drug-likeness (QED) is 0.833. The minimum absolute atomic E-state index is 0.116. The third-order valence-electron chi connectivity index (χ3n) is 2.24. The zero-order chi connectivity index (χ0) is 13.0. The monoisotopic (exact) mass is 260 g/mol. The molecule has 1 rings (SSSR count). The maximum Gasteiger partial charge on any atom is 0.339 e. The summed E-state index contributed by atoms with van der Waals surface area (Å²) < 4.78 is 14.5. The molecule has 0 heterocycles. The lowest BCUT2D eigenvalue weighted by Crippen LogP contribution is -2.15. The van der Waals surface area contributed by atoms with E-state index in [1.807, 2.05) is 0 Å². The molecule has 0 radical (unpaired) electrons. The number of methoxy groups -OCH3 is 3. The number of aliphatic hydroxyl groups is 1. The maximum absolute atomic E-state index is 11.3. The van der Waals surface area contributed by atoms with Crippen LogP contribution in [0.4, 0.5) is 0 Å². The molecule has 1 N–H and O–H groups in total. The van der Waals surface area contributed by atoms with E-state index in [1.54, 1.807) is 12.1 Å². The third-order valence-corrected chi connectivity index (χ3v) is 2.63. The molecule has 0 fully saturated rings. The Balaban J connectivity index is 3.32. The lowest BCUT2D eigenvalue weighted by Gasteiger charge is -2.16. The highest BCUT2D eigenvalue weighted by atomic mass is 35.5. The zero-order valence-electron chi connectivity index (χ0n) is 9.69. The van der Waals surface area contributed by atoms with Gasteiger partial charge in [0.15, 0.2) is 6.10 Å². The van der Waals surface area contributed by atoms with Gasteiger partial charge in [0, 0.05) is 0 Å². The largest absolute Gasteiger partial charge is 0.496 e. The van der Waals surface area contributed by atoms with E-state index in [0.29, 0.717) is 5.75 Å². The maximum atomic E-state index is 11.3. The van der Waals surface area contributed by atoms with Crippen molar-refractivity contribution in [1.29, 1.82) is 0 Å². The number of esters is 1. The molecule has 1 aromatic carbocycles. The van der Waals surface area contributed by atoms with Crippen LogP contribution in [0.25, 0.3) is 0 Å². The molecule has 5 nitrogen and oxygen atoms in total. The van der Waals surface area contributed by atoms with E-state index >= 15 is 0 Å². The first-order valence-corrected chi connectivity index (χ1v) is 5.10. The van der Waals surface area contributed by atoms with E-state index in [1.165, 1.54) is 21.3 Å². The molecule has 0 amide bonds. The second-order valence-electron chi connectivity index (χ2n) is 3.12. The summed E-state index contributed by atoms with van der Waals surface area (Å²) in [7, 11) is 4.01. The third kappa shape index (κ3) is 2.62. The van der Waals surface area contributed by atoms with Crippen molar-refractivity contribution in [3.8, 4) is 11.5 Å². The Bertz CT molecular complexity index is 419. The summed E-state index contributed by atoms with van der Waals surface area (Å²) in [6, 6.07) is 3.13. The Hall–Kier alpha value is -1.46. The molecular weight excluding hydrogens is 248 g/mol. The molecule has 0 spiro atoms. The molecule has 17 heavy (non-hydrogen) atoms. The van der Waals surface area contributed by atoms with Gasteiger partial charge in [-0.2, -0.15) is 0 Å². The molecule has 1 aromatic rings. The number of hydrogen-bond acceptors (Lipinski definition) is 5. The van der Waals surface area contributed by atoms with Crippen LogP contribution in [-0.4, -0.2) is 32.4 Å². The topological polar surface area (TPSA) is 65.0 Å². The highest BCUT2D eigenvalue weighted by Gasteiger charge is 2.26. The van der Waals surface area contributed by atoms with Gasteiger partial charge in [0.1, 0.15) is 11.5 Å². The number of ether oxygens (including phenoxy) is 3. The van der Waals surface area contributed by atoms with Crippen molar-refractivity contribution in [3.05, 3.63) is 22.7 Å². The minimum atomic E-state index is -1.52. The first kappa shape index (κ1) is 13.6. The van der Waals surface area contributed by atoms with E-state index in [2.05, 4.69) is 4.74 Å². The number of hydrogen-bond donors (Lipinski definition) is 1. The highest BCUT2D eigenvalue weighted by molar-refractivity contribution is 6.33. The molecular formula is C11H13ClO5. The van der Waals surface area contributed by atoms with Gasteiger partial charge in [0.05, 0.1) is 31.9 Å². The van der Waals surface area contributed by atoms with Crippen LogP contribution < -0.4 is 9.47 Å². The Labute approximate surface area is 104 Å². The Morgan fingerprint density at radius 3 is 2.24 bits per heavy atom. The predicted molar refractivity (Wildman–Crippen MR) is 61.5 cm³/mol. The van der Waals surface area contributed by atoms with Gasteiger partial charge in [-0.3, -0.25) is 0 Å². The predicted octanol–water partition coefficient (Wildman–Crippen LogP) is 1.56. The van der Waals surface area contributed by atoms with Crippen molar-refractivity contribution in [2.45, 2.75) is 6.10 Å². The molecule has 0 bridgehead atoms. The molecule has 0 aliphatic heterocycles. The summed E-state index contributed by atoms with van der Waals surface area (Å²) in [5, 5.41) is 9.92. The van der Waals surface area contributed by atoms with Gasteiger partial charge in [0.25, 0.3) is 0 Å². The van der Waals surface area contributed by atoms with Gasteiger partial charge < -0.3 is 19.3 Å². The summed E-state index contributed by atoms with van der Waals surface area (Å²) in [6.45, 7) is 0. The van der Waals surface area contributed by atoms with Crippen molar-refractivity contribution < 1.29 is 24.1 Å². The van der Waals surface area contributed by atoms with Crippen LogP contribution in [0, 0.1) is 0 Å². The van der Waals surface area contributed by atoms with Crippen LogP contribution in [0.15, 0.2) is 12.1 Å². The van der Waals surface area contributed by atoms with Crippen LogP contribution in [0.1, 0.15) is 11.7 Å². The summed E-state index contributed by atoms with van der Waals surface area (Å²) in [5.74, 6) is -0.197. The number of benzene rings is 1. The van der Waals surface area contributed by atoms with E-state index in [-0.39, 0.29) is 16.3 Å². The summed E-state index contributed by atoms with van der Waals surface area (Å²) >= 11 is 6.02. The van der Waals surface area contributed by atoms with Crippen molar-refractivity contribution in [2.75, 3.05) is 21.3 Å². The molecule has 0 saturated carbocycles. The molecule has 6 heteroatoms. The van der Waals surface area contributed by atoms with Gasteiger partial charge >= 0.3 is 5.97 Å². The second kappa shape index (κ2) is 5.75. The smallest absolute Gasteiger partial charge is 0.339 e. The van der Waals surface area contributed by atoms with Crippen LogP contribution in [0.3, 0.4) is 0 Å². The van der Waals surface area contributed by atoms with Gasteiger partial charge in [-0.05, 0) is 12.1 Å². The van der Waals surface area contributed by atoms with Gasteiger partial charge in [0.2, 0.25) is 0 Å². The van der Waals surface area contributed by atoms with Gasteiger partial charge in [-0.1, -0.05) is 11.6 Å². The molecule has 0 saturated heterocycles. The normalized spacial score (nSPS) is 11.8. The van der Waals surface area contributed by atoms with Crippen LogP contribution in [-0.2, 0) is 9.53 Å². The summed E-state index contributed by atoms with van der Waals surface area (Å²) in [5.41, 5.74) is 0.125. The molecule has 0 aliphatic rings. The van der Waals surface area contributed by atoms with E-state index in [4.69, 9.17) is 21.1 Å². The van der Waals surface area contributed by atoms with E-state index in [0.717, 1.165) is 0 Å². The van der Waals surface area contributed by atoms with Crippen LogP contribution in [0.2, 0.25) is 5.02 Å². The second-order valence-corrected chi connectivity index (χ2v) is 3.50. The fraction of sp³-hybridized carbons (Fsp3) is 0.364. The molecule has 94 valence electrons. The fourth-order valence-electron chi connectivity index (χ4n) is 1.38. The number of rotatable bonds is 4. The Kier molecular flexibility index (Phi) is 4.60. The average Bonchev–Trinajstić information content (AvgIpc) is 2.36. The standard InChI is InChI=1S/C11H13ClO5/c1-15-6-4-5-7(16-2)9(12)8(6)10(13)11(14)17-3/h4-5,10,13H,1-3H3. The lowest BCUT2D eigenvalue weighted by atomic mass is 10.1. The fourth-order valence-corrected chi connectivity index (χ4v) is 1.71. The van der Waals surface area contributed by atoms with Crippen molar-refractivity contribution in [1.82, 2.24) is 0 Å². The molecule has 0 aliphatic carbocycles. The summed E-state index contributed by atoms with van der Waals surface area (Å²) in [6.07, 6.45) is -1.52. The van der Waals surface area contributed by atoms with Crippen LogP contribution >= 0.6 is 11.6 Å². The zero-order valence-corrected chi connectivity index (χ0v) is 10.4. The highest BCUT2D eigenvalue weighted by Crippen LogP contribution is 2.38. The van der Waals surface area contributed by atoms with Gasteiger partial charge in [-0.25, -0.2) is 4.79 Å². The minimum Gasteiger partial charge on any atom is -0.496 e. The first-order chi connectivity index (χ1) is 8.06. The Morgan fingerprint density at radius 2 is 1.76 bits per heavy atom. The number of carbonyl (C=O) groups excluding carboxylic acids is 1. The number of aliphatic hydroxyl groups excluding tert-OH is 1. The average molecular weight is 261 g/mol. The van der Waals surface area contributed by atoms with Crippen molar-refractivity contribution >= 4 is 17.6 Å². The number of halogens is 1. The summed E-state index contributed by atoms with van der Waals surface area (Å²) in [4.78, 5) is 11.3. The lowest BCUT2D eigenvalue weighted by molar-refractivity contribution is -0.150. The molecule has 1 atom stereocenters. The molecule has 1 unspecified atom stereocenters. The van der Waals surface area contributed by atoms with E-state index < -0.39 is 12.1 Å².